The second-order valence-electron chi connectivity index (χ2n) is 8.57. The van der Waals surface area contributed by atoms with Crippen LogP contribution >= 0.6 is 0 Å². The SMILES string of the molecule is Cc1cnc(C23Cn4cc(-c5cccnc5)cc4C(=O)N2CCN3C(=O)c2conc2C)cn1. The fourth-order valence-corrected chi connectivity index (χ4v) is 4.91. The Morgan fingerprint density at radius 2 is 2.00 bits per heavy atom. The van der Waals surface area contributed by atoms with Gasteiger partial charge in [-0.25, -0.2) is 0 Å². The van der Waals surface area contributed by atoms with E-state index in [4.69, 9.17) is 4.52 Å². The molecular formula is C24H21N7O3. The van der Waals surface area contributed by atoms with Gasteiger partial charge in [-0.2, -0.15) is 0 Å². The molecule has 1 saturated heterocycles. The summed E-state index contributed by atoms with van der Waals surface area (Å²) in [7, 11) is 0. The average Bonchev–Trinajstić information content (AvgIpc) is 3.57. The Morgan fingerprint density at radius 1 is 1.12 bits per heavy atom. The number of carbonyl (C=O) groups excluding carboxylic acids is 2. The topological polar surface area (TPSA) is 110 Å². The standard InChI is InChI=1S/C24H21N7O3/c1-15-9-27-21(11-26-15)24-14-29-12-18(17-4-3-5-25-10-17)8-20(29)23(33)31(24)7-6-30(24)22(32)19-13-34-28-16(19)2/h3-5,8-13H,6-7,14H2,1-2H3. The van der Waals surface area contributed by atoms with Gasteiger partial charge in [0, 0.05) is 49.0 Å². The van der Waals surface area contributed by atoms with Crippen molar-refractivity contribution in [1.29, 1.82) is 0 Å². The monoisotopic (exact) mass is 455 g/mol. The number of aryl methyl sites for hydroxylation is 2. The van der Waals surface area contributed by atoms with Crippen LogP contribution in [0.25, 0.3) is 11.1 Å². The van der Waals surface area contributed by atoms with E-state index in [9.17, 15) is 9.59 Å². The summed E-state index contributed by atoms with van der Waals surface area (Å²) in [6.07, 6.45) is 10.1. The van der Waals surface area contributed by atoms with Crippen molar-refractivity contribution in [3.8, 4) is 11.1 Å². The molecule has 0 saturated carbocycles. The molecule has 1 unspecified atom stereocenters. The molecule has 0 spiro atoms. The van der Waals surface area contributed by atoms with Crippen LogP contribution in [0.2, 0.25) is 0 Å². The lowest BCUT2D eigenvalue weighted by molar-refractivity contribution is -0.00848. The van der Waals surface area contributed by atoms with Crippen LogP contribution in [0.3, 0.4) is 0 Å². The largest absolute Gasteiger partial charge is 0.364 e. The van der Waals surface area contributed by atoms with Gasteiger partial charge in [0.05, 0.1) is 24.1 Å². The normalized spacial score (nSPS) is 19.3. The van der Waals surface area contributed by atoms with Gasteiger partial charge in [0.1, 0.15) is 23.2 Å². The maximum atomic E-state index is 13.8. The van der Waals surface area contributed by atoms with E-state index in [2.05, 4.69) is 20.1 Å². The van der Waals surface area contributed by atoms with Crippen molar-refractivity contribution in [1.82, 2.24) is 34.5 Å². The minimum absolute atomic E-state index is 0.166. The number of hydrogen-bond acceptors (Lipinski definition) is 7. The maximum Gasteiger partial charge on any atom is 0.272 e. The van der Waals surface area contributed by atoms with Crippen LogP contribution in [-0.4, -0.2) is 59.4 Å². The molecule has 0 aliphatic carbocycles. The molecule has 2 aliphatic rings. The molecular weight excluding hydrogens is 434 g/mol. The Bertz CT molecular complexity index is 1410. The van der Waals surface area contributed by atoms with Crippen molar-refractivity contribution in [2.45, 2.75) is 26.1 Å². The third kappa shape index (κ3) is 2.81. The highest BCUT2D eigenvalue weighted by atomic mass is 16.5. The van der Waals surface area contributed by atoms with Gasteiger partial charge in [-0.15, -0.1) is 0 Å². The predicted octanol–water partition coefficient (Wildman–Crippen LogP) is 2.41. The minimum atomic E-state index is -1.13. The number of amides is 2. The summed E-state index contributed by atoms with van der Waals surface area (Å²) in [5.74, 6) is -0.430. The van der Waals surface area contributed by atoms with Crippen LogP contribution in [-0.2, 0) is 12.2 Å². The predicted molar refractivity (Wildman–Crippen MR) is 119 cm³/mol. The summed E-state index contributed by atoms with van der Waals surface area (Å²) in [5, 5.41) is 3.87. The van der Waals surface area contributed by atoms with Gasteiger partial charge in [-0.05, 0) is 26.0 Å². The fraction of sp³-hybridized carbons (Fsp3) is 0.250. The smallest absolute Gasteiger partial charge is 0.272 e. The molecule has 34 heavy (non-hydrogen) atoms. The summed E-state index contributed by atoms with van der Waals surface area (Å²) in [6.45, 7) is 4.62. The van der Waals surface area contributed by atoms with Gasteiger partial charge in [0.25, 0.3) is 11.8 Å². The highest BCUT2D eigenvalue weighted by Gasteiger charge is 2.57. The molecule has 1 fully saturated rings. The molecule has 6 heterocycles. The molecule has 0 aromatic carbocycles. The Hall–Kier alpha value is -4.34. The van der Waals surface area contributed by atoms with Crippen LogP contribution in [0.4, 0.5) is 0 Å². The minimum Gasteiger partial charge on any atom is -0.364 e. The number of hydrogen-bond donors (Lipinski definition) is 0. The molecule has 170 valence electrons. The first-order valence-electron chi connectivity index (χ1n) is 10.9. The van der Waals surface area contributed by atoms with Crippen LogP contribution < -0.4 is 0 Å². The second kappa shape index (κ2) is 7.34. The van der Waals surface area contributed by atoms with Gasteiger partial charge in [0.2, 0.25) is 0 Å². The number of fused-ring (bicyclic) bond motifs is 2. The third-order valence-electron chi connectivity index (χ3n) is 6.60. The van der Waals surface area contributed by atoms with E-state index in [1.807, 2.05) is 35.9 Å². The molecule has 6 rings (SSSR count). The van der Waals surface area contributed by atoms with E-state index in [-0.39, 0.29) is 11.8 Å². The number of aromatic nitrogens is 5. The molecule has 4 aromatic rings. The zero-order valence-electron chi connectivity index (χ0n) is 18.7. The van der Waals surface area contributed by atoms with Crippen LogP contribution in [0.15, 0.2) is 60.0 Å². The van der Waals surface area contributed by atoms with Crippen LogP contribution in [0, 0.1) is 13.8 Å². The lowest BCUT2D eigenvalue weighted by atomic mass is 9.99. The first-order valence-corrected chi connectivity index (χ1v) is 10.9. The van der Waals surface area contributed by atoms with Crippen LogP contribution in [0.5, 0.6) is 0 Å². The molecule has 10 heteroatoms. The van der Waals surface area contributed by atoms with E-state index in [0.717, 1.165) is 16.8 Å². The van der Waals surface area contributed by atoms with Crippen molar-refractivity contribution in [2.75, 3.05) is 13.1 Å². The van der Waals surface area contributed by atoms with Crippen molar-refractivity contribution in [2.24, 2.45) is 0 Å². The van der Waals surface area contributed by atoms with Crippen molar-refractivity contribution in [3.05, 3.63) is 83.8 Å². The van der Waals surface area contributed by atoms with E-state index in [0.29, 0.717) is 42.3 Å². The van der Waals surface area contributed by atoms with Gasteiger partial charge in [0.15, 0.2) is 5.66 Å². The first kappa shape index (κ1) is 20.3. The zero-order chi connectivity index (χ0) is 23.4. The van der Waals surface area contributed by atoms with E-state index in [1.165, 1.54) is 6.26 Å². The summed E-state index contributed by atoms with van der Waals surface area (Å²) in [5.41, 5.74) is 3.37. The highest BCUT2D eigenvalue weighted by molar-refractivity contribution is 5.99. The zero-order valence-corrected chi connectivity index (χ0v) is 18.7. The van der Waals surface area contributed by atoms with Crippen molar-refractivity contribution in [3.63, 3.8) is 0 Å². The Labute approximate surface area is 194 Å². The molecule has 1 atom stereocenters. The quantitative estimate of drug-likeness (QED) is 0.466. The average molecular weight is 455 g/mol. The van der Waals surface area contributed by atoms with Crippen molar-refractivity contribution < 1.29 is 14.1 Å². The summed E-state index contributed by atoms with van der Waals surface area (Å²) in [6, 6.07) is 5.68. The molecule has 2 amide bonds. The lowest BCUT2D eigenvalue weighted by Gasteiger charge is -2.46. The Balaban J connectivity index is 1.52. The van der Waals surface area contributed by atoms with E-state index < -0.39 is 5.66 Å². The number of carbonyl (C=O) groups is 2. The highest BCUT2D eigenvalue weighted by Crippen LogP contribution is 2.43. The molecule has 0 radical (unpaired) electrons. The fourth-order valence-electron chi connectivity index (χ4n) is 4.91. The molecule has 4 aromatic heterocycles. The summed E-state index contributed by atoms with van der Waals surface area (Å²) >= 11 is 0. The van der Waals surface area contributed by atoms with Crippen molar-refractivity contribution >= 4 is 11.8 Å². The summed E-state index contributed by atoms with van der Waals surface area (Å²) < 4.78 is 6.93. The Morgan fingerprint density at radius 3 is 2.71 bits per heavy atom. The van der Waals surface area contributed by atoms with Crippen LogP contribution in [0.1, 0.15) is 37.9 Å². The number of pyridine rings is 1. The summed E-state index contributed by atoms with van der Waals surface area (Å²) in [4.78, 5) is 44.2. The van der Waals surface area contributed by atoms with Gasteiger partial charge in [-0.1, -0.05) is 11.2 Å². The first-order chi connectivity index (χ1) is 16.5. The second-order valence-corrected chi connectivity index (χ2v) is 8.57. The van der Waals surface area contributed by atoms with Gasteiger partial charge < -0.3 is 18.9 Å². The van der Waals surface area contributed by atoms with E-state index in [1.54, 1.807) is 41.5 Å². The van der Waals surface area contributed by atoms with Gasteiger partial charge >= 0.3 is 0 Å². The number of rotatable bonds is 3. The number of nitrogens with zero attached hydrogens (tertiary/aromatic N) is 7. The molecule has 0 N–H and O–H groups in total. The van der Waals surface area contributed by atoms with E-state index >= 15 is 0 Å². The third-order valence-corrected chi connectivity index (χ3v) is 6.60. The molecule has 0 bridgehead atoms. The maximum absolute atomic E-state index is 13.8. The molecule has 10 nitrogen and oxygen atoms in total. The molecule has 2 aliphatic heterocycles. The lowest BCUT2D eigenvalue weighted by Crippen LogP contribution is -2.60. The Kier molecular flexibility index (Phi) is 4.38. The van der Waals surface area contributed by atoms with Gasteiger partial charge in [-0.3, -0.25) is 24.5 Å².